The number of allylic oxidation sites excluding steroid dienone is 2. The van der Waals surface area contributed by atoms with Crippen LogP contribution in [0.1, 0.15) is 37.0 Å². The molecule has 0 unspecified atom stereocenters. The van der Waals surface area contributed by atoms with Gasteiger partial charge < -0.3 is 14.6 Å². The molecule has 1 heterocycles. The average Bonchev–Trinajstić information content (AvgIpc) is 2.81. The van der Waals surface area contributed by atoms with Crippen molar-refractivity contribution in [3.63, 3.8) is 0 Å². The minimum absolute atomic E-state index is 0.206. The molecule has 110 valence electrons. The van der Waals surface area contributed by atoms with Crippen LogP contribution in [0.5, 0.6) is 11.5 Å². The molecule has 1 aliphatic carbocycles. The van der Waals surface area contributed by atoms with Crippen molar-refractivity contribution in [1.29, 1.82) is 0 Å². The second-order valence-corrected chi connectivity index (χ2v) is 5.46. The molecule has 1 N–H and O–H groups in total. The van der Waals surface area contributed by atoms with E-state index in [-0.39, 0.29) is 11.7 Å². The van der Waals surface area contributed by atoms with Gasteiger partial charge in [0.1, 0.15) is 11.5 Å². The molecule has 0 saturated heterocycles. The Balaban J connectivity index is 2.20. The second kappa shape index (κ2) is 5.28. The minimum Gasteiger partial charge on any atom is -0.508 e. The van der Waals surface area contributed by atoms with E-state index in [0.717, 1.165) is 23.1 Å². The highest BCUT2D eigenvalue weighted by atomic mass is 16.5. The first-order valence-corrected chi connectivity index (χ1v) is 7.06. The Labute approximate surface area is 123 Å². The lowest BCUT2D eigenvalue weighted by Crippen LogP contribution is -2.07. The van der Waals surface area contributed by atoms with E-state index in [1.165, 1.54) is 0 Å². The molecule has 0 amide bonds. The van der Waals surface area contributed by atoms with Crippen molar-refractivity contribution in [1.82, 2.24) is 0 Å². The Morgan fingerprint density at radius 3 is 2.95 bits per heavy atom. The molecule has 0 saturated carbocycles. The van der Waals surface area contributed by atoms with Gasteiger partial charge in [0.2, 0.25) is 0 Å². The number of aromatic hydroxyl groups is 1. The number of fused-ring (bicyclic) bond motifs is 3. The molecule has 2 aliphatic rings. The lowest BCUT2D eigenvalue weighted by molar-refractivity contribution is -0.140. The van der Waals surface area contributed by atoms with Gasteiger partial charge in [0, 0.05) is 16.7 Å². The molecular formula is C17H18O4. The van der Waals surface area contributed by atoms with Crippen LogP contribution >= 0.6 is 0 Å². The first-order chi connectivity index (χ1) is 10.1. The number of carbonyl (C=O) groups is 1. The number of methoxy groups -OCH3 is 1. The van der Waals surface area contributed by atoms with Crippen LogP contribution in [0.25, 0.3) is 0 Å². The molecule has 4 heteroatoms. The molecule has 0 fully saturated rings. The van der Waals surface area contributed by atoms with Crippen molar-refractivity contribution in [2.75, 3.05) is 7.11 Å². The highest BCUT2D eigenvalue weighted by Crippen LogP contribution is 2.41. The molecule has 0 spiro atoms. The summed E-state index contributed by atoms with van der Waals surface area (Å²) >= 11 is 0. The summed E-state index contributed by atoms with van der Waals surface area (Å²) in [7, 11) is 1.58. The molecule has 2 bridgehead atoms. The first-order valence-electron chi connectivity index (χ1n) is 7.06. The fourth-order valence-electron chi connectivity index (χ4n) is 2.94. The Morgan fingerprint density at radius 1 is 1.38 bits per heavy atom. The minimum atomic E-state index is -0.476. The van der Waals surface area contributed by atoms with Gasteiger partial charge in [-0.25, -0.2) is 4.79 Å². The summed E-state index contributed by atoms with van der Waals surface area (Å²) in [5.74, 6) is 0.563. The van der Waals surface area contributed by atoms with E-state index in [9.17, 15) is 9.90 Å². The number of phenols is 1. The third-order valence-electron chi connectivity index (χ3n) is 4.01. The average molecular weight is 286 g/mol. The standard InChI is InChI=1S/C17H18O4/c1-10-4-3-5-11-9-15(21-17(11)19)16-12(8-10)13(18)6-7-14(16)20-2/h4,6-7,9,15,18H,3,5,8H2,1-2H3/t15-/m0/s1. The van der Waals surface area contributed by atoms with Gasteiger partial charge in [-0.2, -0.15) is 0 Å². The van der Waals surface area contributed by atoms with Crippen LogP contribution in [0, 0.1) is 0 Å². The summed E-state index contributed by atoms with van der Waals surface area (Å²) in [6.07, 6.45) is 5.58. The summed E-state index contributed by atoms with van der Waals surface area (Å²) in [5, 5.41) is 10.2. The molecule has 1 aromatic rings. The monoisotopic (exact) mass is 286 g/mol. The normalized spacial score (nSPS) is 21.0. The molecule has 4 nitrogen and oxygen atoms in total. The van der Waals surface area contributed by atoms with E-state index in [2.05, 4.69) is 6.08 Å². The first kappa shape index (κ1) is 13.7. The summed E-state index contributed by atoms with van der Waals surface area (Å²) in [6, 6.07) is 3.33. The maximum Gasteiger partial charge on any atom is 0.334 e. The molecule has 3 rings (SSSR count). The maximum atomic E-state index is 11.9. The zero-order valence-electron chi connectivity index (χ0n) is 12.2. The molecular weight excluding hydrogens is 268 g/mol. The van der Waals surface area contributed by atoms with E-state index in [1.54, 1.807) is 19.2 Å². The van der Waals surface area contributed by atoms with Gasteiger partial charge in [-0.1, -0.05) is 11.6 Å². The van der Waals surface area contributed by atoms with E-state index in [4.69, 9.17) is 9.47 Å². The van der Waals surface area contributed by atoms with Gasteiger partial charge in [-0.3, -0.25) is 0 Å². The number of rotatable bonds is 1. The number of ether oxygens (including phenoxy) is 2. The summed E-state index contributed by atoms with van der Waals surface area (Å²) < 4.78 is 10.9. The van der Waals surface area contributed by atoms with Crippen molar-refractivity contribution in [2.24, 2.45) is 0 Å². The third kappa shape index (κ3) is 2.42. The number of hydrogen-bond acceptors (Lipinski definition) is 4. The van der Waals surface area contributed by atoms with Crippen molar-refractivity contribution in [3.05, 3.63) is 46.6 Å². The number of carbonyl (C=O) groups excluding carboxylic acids is 1. The van der Waals surface area contributed by atoms with Crippen LogP contribution in [0.15, 0.2) is 35.4 Å². The fraction of sp³-hybridized carbons (Fsp3) is 0.353. The van der Waals surface area contributed by atoms with Crippen LogP contribution in [0.2, 0.25) is 0 Å². The van der Waals surface area contributed by atoms with Crippen molar-refractivity contribution >= 4 is 5.97 Å². The van der Waals surface area contributed by atoms with Crippen LogP contribution in [-0.4, -0.2) is 18.2 Å². The predicted octanol–water partition coefficient (Wildman–Crippen LogP) is 3.21. The van der Waals surface area contributed by atoms with E-state index in [0.29, 0.717) is 24.2 Å². The van der Waals surface area contributed by atoms with Crippen LogP contribution in [-0.2, 0) is 16.0 Å². The van der Waals surface area contributed by atoms with Crippen molar-refractivity contribution in [2.45, 2.75) is 32.3 Å². The van der Waals surface area contributed by atoms with Crippen LogP contribution in [0.4, 0.5) is 0 Å². The quantitative estimate of drug-likeness (QED) is 0.636. The van der Waals surface area contributed by atoms with Gasteiger partial charge in [-0.05, 0) is 44.4 Å². The summed E-state index contributed by atoms with van der Waals surface area (Å²) in [6.45, 7) is 2.03. The third-order valence-corrected chi connectivity index (χ3v) is 4.01. The van der Waals surface area contributed by atoms with Gasteiger partial charge in [0.15, 0.2) is 6.10 Å². The highest BCUT2D eigenvalue weighted by Gasteiger charge is 2.31. The topological polar surface area (TPSA) is 55.8 Å². The SMILES string of the molecule is COc1ccc(O)c2c1[C@@H]1C=C(CCC=C(C)C2)C(=O)O1. The summed E-state index contributed by atoms with van der Waals surface area (Å²) in [4.78, 5) is 11.9. The van der Waals surface area contributed by atoms with Gasteiger partial charge in [0.05, 0.1) is 7.11 Å². The maximum absolute atomic E-state index is 11.9. The lowest BCUT2D eigenvalue weighted by Gasteiger charge is -2.19. The molecule has 0 aromatic heterocycles. The van der Waals surface area contributed by atoms with E-state index in [1.807, 2.05) is 13.0 Å². The Hall–Kier alpha value is -2.23. The molecule has 1 aliphatic heterocycles. The number of esters is 1. The Bertz CT molecular complexity index is 655. The summed E-state index contributed by atoms with van der Waals surface area (Å²) in [5.41, 5.74) is 3.37. The fourth-order valence-corrected chi connectivity index (χ4v) is 2.94. The molecule has 0 radical (unpaired) electrons. The molecule has 1 atom stereocenters. The van der Waals surface area contributed by atoms with Gasteiger partial charge >= 0.3 is 5.97 Å². The van der Waals surface area contributed by atoms with Gasteiger partial charge in [0.25, 0.3) is 0 Å². The zero-order chi connectivity index (χ0) is 15.0. The Morgan fingerprint density at radius 2 is 2.19 bits per heavy atom. The molecule has 21 heavy (non-hydrogen) atoms. The predicted molar refractivity (Wildman–Crippen MR) is 78.3 cm³/mol. The molecule has 1 aromatic carbocycles. The largest absolute Gasteiger partial charge is 0.508 e. The smallest absolute Gasteiger partial charge is 0.334 e. The number of phenolic OH excluding ortho intramolecular Hbond substituents is 1. The van der Waals surface area contributed by atoms with Crippen LogP contribution < -0.4 is 4.74 Å². The number of benzene rings is 1. The van der Waals surface area contributed by atoms with Crippen molar-refractivity contribution in [3.8, 4) is 11.5 Å². The highest BCUT2D eigenvalue weighted by molar-refractivity contribution is 5.91. The lowest BCUT2D eigenvalue weighted by atomic mass is 9.92. The zero-order valence-corrected chi connectivity index (χ0v) is 12.2. The van der Waals surface area contributed by atoms with Crippen LogP contribution in [0.3, 0.4) is 0 Å². The van der Waals surface area contributed by atoms with Crippen molar-refractivity contribution < 1.29 is 19.4 Å². The second-order valence-electron chi connectivity index (χ2n) is 5.46. The van der Waals surface area contributed by atoms with E-state index < -0.39 is 6.10 Å². The van der Waals surface area contributed by atoms with E-state index >= 15 is 0 Å². The van der Waals surface area contributed by atoms with Gasteiger partial charge in [-0.15, -0.1) is 0 Å². The Kier molecular flexibility index (Phi) is 3.45. The number of hydrogen-bond donors (Lipinski definition) is 1.